The van der Waals surface area contributed by atoms with Gasteiger partial charge in [0.2, 0.25) is 10.8 Å². The number of hydrogen-bond donors (Lipinski definition) is 0. The molecule has 1 atom stereocenters. The van der Waals surface area contributed by atoms with Crippen LogP contribution in [-0.4, -0.2) is 42.2 Å². The third kappa shape index (κ3) is 3.29. The lowest BCUT2D eigenvalue weighted by molar-refractivity contribution is -0.137. The first-order chi connectivity index (χ1) is 15.3. The number of fused-ring (bicyclic) bond motifs is 2. The molecule has 3 aliphatic heterocycles. The predicted molar refractivity (Wildman–Crippen MR) is 117 cm³/mol. The normalized spacial score (nSPS) is 24.0. The van der Waals surface area contributed by atoms with E-state index in [0.29, 0.717) is 17.9 Å². The molecule has 0 radical (unpaired) electrons. The molecule has 0 unspecified atom stereocenters. The van der Waals surface area contributed by atoms with Crippen LogP contribution < -0.4 is 9.80 Å². The summed E-state index contributed by atoms with van der Waals surface area (Å²) >= 11 is 1.18. The van der Waals surface area contributed by atoms with E-state index < -0.39 is 16.6 Å². The third-order valence-corrected chi connectivity index (χ3v) is 7.67. The summed E-state index contributed by atoms with van der Waals surface area (Å²) in [5, 5.41) is 0. The molecule has 32 heavy (non-hydrogen) atoms. The zero-order valence-electron chi connectivity index (χ0n) is 17.3. The van der Waals surface area contributed by atoms with E-state index in [1.54, 1.807) is 17.0 Å². The maximum Gasteiger partial charge on any atom is 0.416 e. The van der Waals surface area contributed by atoms with E-state index >= 15 is 0 Å². The minimum absolute atomic E-state index is 0.0217. The average Bonchev–Trinajstić information content (AvgIpc) is 3.25. The van der Waals surface area contributed by atoms with Gasteiger partial charge in [-0.1, -0.05) is 30.7 Å². The summed E-state index contributed by atoms with van der Waals surface area (Å²) in [4.78, 5) is 30.7. The molecule has 5 nitrogen and oxygen atoms in total. The molecule has 0 aliphatic carbocycles. The van der Waals surface area contributed by atoms with Crippen LogP contribution in [0.1, 0.15) is 30.4 Å². The largest absolute Gasteiger partial charge is 0.416 e. The summed E-state index contributed by atoms with van der Waals surface area (Å²) in [5.74, 6) is -0.636. The molecule has 2 fully saturated rings. The molecule has 0 N–H and O–H groups in total. The fourth-order valence-electron chi connectivity index (χ4n) is 4.82. The number of nitrogens with zero attached hydrogens (tertiary/aromatic N) is 3. The molecule has 2 saturated heterocycles. The van der Waals surface area contributed by atoms with Crippen molar-refractivity contribution in [2.24, 2.45) is 0 Å². The van der Waals surface area contributed by atoms with E-state index in [4.69, 9.17) is 0 Å². The second kappa shape index (κ2) is 7.81. The lowest BCUT2D eigenvalue weighted by Gasteiger charge is -2.35. The molecule has 0 bridgehead atoms. The highest BCUT2D eigenvalue weighted by atomic mass is 32.2. The Morgan fingerprint density at radius 3 is 2.47 bits per heavy atom. The number of hydrogen-bond acceptors (Lipinski definition) is 4. The number of alkyl halides is 3. The number of anilines is 2. The van der Waals surface area contributed by atoms with E-state index in [2.05, 4.69) is 4.90 Å². The van der Waals surface area contributed by atoms with Crippen molar-refractivity contribution >= 4 is 35.0 Å². The maximum absolute atomic E-state index is 13.9. The van der Waals surface area contributed by atoms with Gasteiger partial charge in [-0.25, -0.2) is 0 Å². The molecule has 0 aromatic heterocycles. The highest BCUT2D eigenvalue weighted by Gasteiger charge is 2.61. The van der Waals surface area contributed by atoms with E-state index in [1.807, 2.05) is 12.1 Å². The molecule has 1 spiro atoms. The Labute approximate surface area is 188 Å². The van der Waals surface area contributed by atoms with Crippen LogP contribution >= 0.6 is 11.8 Å². The van der Waals surface area contributed by atoms with Gasteiger partial charge in [-0.05, 0) is 50.2 Å². The average molecular weight is 462 g/mol. The number of thioether (sulfide) groups is 1. The van der Waals surface area contributed by atoms with Crippen LogP contribution in [0.5, 0.6) is 0 Å². The number of carbonyl (C=O) groups is 2. The molecular weight excluding hydrogens is 439 g/mol. The number of para-hydroxylation sites is 1. The lowest BCUT2D eigenvalue weighted by Crippen LogP contribution is -2.52. The van der Waals surface area contributed by atoms with Crippen molar-refractivity contribution in [3.8, 4) is 0 Å². The number of rotatable bonds is 3. The van der Waals surface area contributed by atoms with Crippen molar-refractivity contribution in [1.29, 1.82) is 0 Å². The molecule has 3 heterocycles. The highest BCUT2D eigenvalue weighted by Crippen LogP contribution is 2.56. The van der Waals surface area contributed by atoms with Gasteiger partial charge in [-0.3, -0.25) is 24.3 Å². The number of benzene rings is 2. The summed E-state index contributed by atoms with van der Waals surface area (Å²) in [6.45, 7) is 2.19. The Morgan fingerprint density at radius 2 is 1.72 bits per heavy atom. The number of carbonyl (C=O) groups excluding carboxylic acids is 2. The lowest BCUT2D eigenvalue weighted by atomic mass is 10.0. The zero-order valence-corrected chi connectivity index (χ0v) is 18.1. The van der Waals surface area contributed by atoms with Crippen molar-refractivity contribution in [1.82, 2.24) is 4.90 Å². The van der Waals surface area contributed by atoms with Gasteiger partial charge in [0.15, 0.2) is 0 Å². The quantitative estimate of drug-likeness (QED) is 0.679. The van der Waals surface area contributed by atoms with E-state index in [1.165, 1.54) is 35.2 Å². The van der Waals surface area contributed by atoms with Gasteiger partial charge < -0.3 is 0 Å². The van der Waals surface area contributed by atoms with Crippen molar-refractivity contribution in [3.63, 3.8) is 0 Å². The Balaban J connectivity index is 1.59. The predicted octanol–water partition coefficient (Wildman–Crippen LogP) is 4.43. The van der Waals surface area contributed by atoms with Crippen LogP contribution in [-0.2, 0) is 20.6 Å². The first-order valence-electron chi connectivity index (χ1n) is 10.6. The van der Waals surface area contributed by atoms with Crippen LogP contribution in [0.2, 0.25) is 0 Å². The van der Waals surface area contributed by atoms with Gasteiger partial charge in [0, 0.05) is 11.3 Å². The summed E-state index contributed by atoms with van der Waals surface area (Å²) in [6, 6.07) is 11.9. The number of piperidine rings is 1. The van der Waals surface area contributed by atoms with E-state index in [9.17, 15) is 22.8 Å². The van der Waals surface area contributed by atoms with E-state index in [0.717, 1.165) is 38.1 Å². The Morgan fingerprint density at radius 1 is 0.969 bits per heavy atom. The van der Waals surface area contributed by atoms with Crippen LogP contribution in [0.3, 0.4) is 0 Å². The molecular formula is C23H22F3N3O2S. The zero-order chi connectivity index (χ0) is 22.5. The van der Waals surface area contributed by atoms with Gasteiger partial charge in [0.25, 0.3) is 5.91 Å². The van der Waals surface area contributed by atoms with E-state index in [-0.39, 0.29) is 23.3 Å². The minimum atomic E-state index is -4.54. The van der Waals surface area contributed by atoms with Crippen molar-refractivity contribution in [2.75, 3.05) is 35.3 Å². The Hall–Kier alpha value is -2.52. The Bertz CT molecular complexity index is 1070. The molecule has 9 heteroatoms. The standard InChI is InChI=1S/C23H22F3N3O2S/c24-23(25,26)16-7-6-8-17(13-16)29-20(30)14-32-22(29)18-9-2-3-10-19(18)28(21(22)31)15-27-11-4-1-5-12-27/h2-3,6-10,13H,1,4-5,11-12,14-15H2/t22-/m1/s1. The summed E-state index contributed by atoms with van der Waals surface area (Å²) in [7, 11) is 0. The third-order valence-electron chi connectivity index (χ3n) is 6.29. The Kier molecular flexibility index (Phi) is 5.21. The fraction of sp³-hybridized carbons (Fsp3) is 0.391. The maximum atomic E-state index is 13.9. The summed E-state index contributed by atoms with van der Waals surface area (Å²) < 4.78 is 40.1. The SMILES string of the molecule is O=C1CS[C@]2(C(=O)N(CN3CCCCC3)c3ccccc32)N1c1cccc(C(F)(F)F)c1. The molecule has 2 aromatic carbocycles. The van der Waals surface area contributed by atoms with Crippen LogP contribution in [0.15, 0.2) is 48.5 Å². The van der Waals surface area contributed by atoms with Crippen LogP contribution in [0, 0.1) is 0 Å². The topological polar surface area (TPSA) is 43.9 Å². The van der Waals surface area contributed by atoms with Crippen molar-refractivity contribution in [2.45, 2.75) is 30.3 Å². The summed E-state index contributed by atoms with van der Waals surface area (Å²) in [6.07, 6.45) is -1.24. The number of amides is 2. The monoisotopic (exact) mass is 461 g/mol. The van der Waals surface area contributed by atoms with Crippen molar-refractivity contribution < 1.29 is 22.8 Å². The molecule has 5 rings (SSSR count). The van der Waals surface area contributed by atoms with Crippen molar-refractivity contribution in [3.05, 3.63) is 59.7 Å². The van der Waals surface area contributed by atoms with Gasteiger partial charge in [0.1, 0.15) is 0 Å². The molecule has 3 aliphatic rings. The second-order valence-corrected chi connectivity index (χ2v) is 9.45. The highest BCUT2D eigenvalue weighted by molar-refractivity contribution is 8.02. The van der Waals surface area contributed by atoms with Gasteiger partial charge >= 0.3 is 6.18 Å². The van der Waals surface area contributed by atoms with Gasteiger partial charge in [0.05, 0.1) is 23.7 Å². The second-order valence-electron chi connectivity index (χ2n) is 8.28. The molecule has 2 aromatic rings. The van der Waals surface area contributed by atoms with Gasteiger partial charge in [-0.2, -0.15) is 13.2 Å². The fourth-order valence-corrected chi connectivity index (χ4v) is 6.18. The number of halogens is 3. The number of likely N-dealkylation sites (tertiary alicyclic amines) is 1. The smallest absolute Gasteiger partial charge is 0.295 e. The molecule has 0 saturated carbocycles. The molecule has 168 valence electrons. The van der Waals surface area contributed by atoms with Gasteiger partial charge in [-0.15, -0.1) is 11.8 Å². The summed E-state index contributed by atoms with van der Waals surface area (Å²) in [5.41, 5.74) is 0.592. The first-order valence-corrected chi connectivity index (χ1v) is 11.6. The van der Waals surface area contributed by atoms with Crippen LogP contribution in [0.4, 0.5) is 24.5 Å². The minimum Gasteiger partial charge on any atom is -0.295 e. The first kappa shape index (κ1) is 21.3. The van der Waals surface area contributed by atoms with Crippen LogP contribution in [0.25, 0.3) is 0 Å². The molecule has 2 amide bonds.